The van der Waals surface area contributed by atoms with Crippen LogP contribution in [0.5, 0.6) is 5.75 Å². The molecule has 0 bridgehead atoms. The molecule has 34 heavy (non-hydrogen) atoms. The smallest absolute Gasteiger partial charge is 0.265 e. The largest absolute Gasteiger partial charge is 0.497 e. The zero-order valence-corrected chi connectivity index (χ0v) is 19.0. The fourth-order valence-electron chi connectivity index (χ4n) is 3.49. The van der Waals surface area contributed by atoms with Crippen molar-refractivity contribution < 1.29 is 23.1 Å². The molecule has 2 aromatic carbocycles. The third kappa shape index (κ3) is 4.82. The van der Waals surface area contributed by atoms with Gasteiger partial charge in [-0.2, -0.15) is 5.26 Å². The summed E-state index contributed by atoms with van der Waals surface area (Å²) in [5.74, 6) is -0.288. The zero-order valence-electron chi connectivity index (χ0n) is 18.2. The lowest BCUT2D eigenvalue weighted by atomic mass is 10.1. The third-order valence-corrected chi connectivity index (χ3v) is 6.47. The SMILES string of the molecule is COc1ccc(N2C(=O)C(Cc3ccccc3F)S/C2=C(/C#N)C(=O)NCc2ccco2)cc1. The lowest BCUT2D eigenvalue weighted by molar-refractivity contribution is -0.117. The van der Waals surface area contributed by atoms with Crippen molar-refractivity contribution in [2.75, 3.05) is 12.0 Å². The number of hydrogen-bond acceptors (Lipinski definition) is 6. The summed E-state index contributed by atoms with van der Waals surface area (Å²) in [4.78, 5) is 27.7. The van der Waals surface area contributed by atoms with Gasteiger partial charge in [0.05, 0.1) is 25.2 Å². The van der Waals surface area contributed by atoms with Crippen molar-refractivity contribution in [3.63, 3.8) is 0 Å². The molecule has 1 aromatic heterocycles. The van der Waals surface area contributed by atoms with Crippen molar-refractivity contribution in [1.29, 1.82) is 5.26 Å². The maximum absolute atomic E-state index is 14.3. The molecule has 0 saturated carbocycles. The van der Waals surface area contributed by atoms with Crippen LogP contribution in [-0.4, -0.2) is 24.2 Å². The number of rotatable bonds is 7. The van der Waals surface area contributed by atoms with Crippen LogP contribution in [0.4, 0.5) is 10.1 Å². The van der Waals surface area contributed by atoms with Crippen LogP contribution in [0.1, 0.15) is 11.3 Å². The van der Waals surface area contributed by atoms with E-state index < -0.39 is 17.0 Å². The van der Waals surface area contributed by atoms with Crippen LogP contribution in [0.3, 0.4) is 0 Å². The Kier molecular flexibility index (Phi) is 6.99. The number of benzene rings is 2. The maximum Gasteiger partial charge on any atom is 0.265 e. The summed E-state index contributed by atoms with van der Waals surface area (Å²) >= 11 is 1.07. The van der Waals surface area contributed by atoms with E-state index in [1.54, 1.807) is 54.6 Å². The second-order valence-corrected chi connectivity index (χ2v) is 8.52. The minimum atomic E-state index is -0.713. The van der Waals surface area contributed by atoms with E-state index in [1.807, 2.05) is 6.07 Å². The number of carbonyl (C=O) groups is 2. The molecule has 1 saturated heterocycles. The highest BCUT2D eigenvalue weighted by atomic mass is 32.2. The van der Waals surface area contributed by atoms with Gasteiger partial charge in [0.1, 0.15) is 34.0 Å². The van der Waals surface area contributed by atoms with E-state index in [0.717, 1.165) is 11.8 Å². The summed E-state index contributed by atoms with van der Waals surface area (Å²) < 4.78 is 24.7. The molecular formula is C25H20FN3O4S. The molecule has 1 N–H and O–H groups in total. The molecule has 0 aliphatic carbocycles. The van der Waals surface area contributed by atoms with Gasteiger partial charge in [0, 0.05) is 5.69 Å². The molecule has 172 valence electrons. The molecule has 2 amide bonds. The highest BCUT2D eigenvalue weighted by Gasteiger charge is 2.41. The normalized spacial score (nSPS) is 16.8. The van der Waals surface area contributed by atoms with Gasteiger partial charge in [-0.05, 0) is 54.4 Å². The highest BCUT2D eigenvalue weighted by molar-refractivity contribution is 8.05. The Morgan fingerprint density at radius 3 is 2.62 bits per heavy atom. The minimum absolute atomic E-state index is 0.0874. The number of methoxy groups -OCH3 is 1. The standard InChI is InChI=1S/C25H20FN3O4S/c1-32-18-10-8-17(9-11-18)29-24(31)22(13-16-5-2-3-7-21(16)26)34-25(29)20(14-27)23(30)28-15-19-6-4-12-33-19/h2-12,22H,13,15H2,1H3,(H,28,30)/b25-20-. The molecule has 9 heteroatoms. The van der Waals surface area contributed by atoms with Gasteiger partial charge in [0.25, 0.3) is 5.91 Å². The fourth-order valence-corrected chi connectivity index (χ4v) is 4.78. The van der Waals surface area contributed by atoms with Crippen LogP contribution < -0.4 is 15.0 Å². The number of amides is 2. The number of furan rings is 1. The Labute approximate surface area is 199 Å². The van der Waals surface area contributed by atoms with Gasteiger partial charge in [-0.3, -0.25) is 14.5 Å². The van der Waals surface area contributed by atoms with Crippen molar-refractivity contribution in [1.82, 2.24) is 5.32 Å². The summed E-state index contributed by atoms with van der Waals surface area (Å²) in [6.07, 6.45) is 1.59. The monoisotopic (exact) mass is 477 g/mol. The van der Waals surface area contributed by atoms with Gasteiger partial charge in [0.15, 0.2) is 0 Å². The number of carbonyl (C=O) groups excluding carboxylic acids is 2. The van der Waals surface area contributed by atoms with E-state index in [2.05, 4.69) is 5.32 Å². The molecular weight excluding hydrogens is 457 g/mol. The number of halogens is 1. The number of nitrogens with one attached hydrogen (secondary N) is 1. The first-order valence-corrected chi connectivity index (χ1v) is 11.2. The number of hydrogen-bond donors (Lipinski definition) is 1. The Bertz CT molecular complexity index is 1270. The van der Waals surface area contributed by atoms with Crippen LogP contribution in [0, 0.1) is 17.1 Å². The molecule has 1 atom stereocenters. The van der Waals surface area contributed by atoms with E-state index in [1.165, 1.54) is 24.3 Å². The van der Waals surface area contributed by atoms with Crippen molar-refractivity contribution in [3.8, 4) is 11.8 Å². The highest BCUT2D eigenvalue weighted by Crippen LogP contribution is 2.42. The Morgan fingerprint density at radius 1 is 1.21 bits per heavy atom. The fraction of sp³-hybridized carbons (Fsp3) is 0.160. The predicted octanol–water partition coefficient (Wildman–Crippen LogP) is 4.17. The lowest BCUT2D eigenvalue weighted by Crippen LogP contribution is -2.32. The van der Waals surface area contributed by atoms with E-state index in [0.29, 0.717) is 22.8 Å². The molecule has 1 fully saturated rings. The van der Waals surface area contributed by atoms with E-state index in [-0.39, 0.29) is 29.5 Å². The van der Waals surface area contributed by atoms with Gasteiger partial charge in [0.2, 0.25) is 5.91 Å². The maximum atomic E-state index is 14.3. The number of anilines is 1. The number of nitriles is 1. The molecule has 4 rings (SSSR count). The molecule has 2 heterocycles. The molecule has 1 unspecified atom stereocenters. The average molecular weight is 478 g/mol. The van der Waals surface area contributed by atoms with Gasteiger partial charge >= 0.3 is 0 Å². The molecule has 1 aliphatic rings. The summed E-state index contributed by atoms with van der Waals surface area (Å²) in [5, 5.41) is 12.0. The minimum Gasteiger partial charge on any atom is -0.497 e. The number of nitrogens with zero attached hydrogens (tertiary/aromatic N) is 2. The van der Waals surface area contributed by atoms with E-state index >= 15 is 0 Å². The second kappa shape index (κ2) is 10.3. The van der Waals surface area contributed by atoms with Crippen LogP contribution in [0.2, 0.25) is 0 Å². The molecule has 0 radical (unpaired) electrons. The van der Waals surface area contributed by atoms with Gasteiger partial charge in [-0.1, -0.05) is 30.0 Å². The van der Waals surface area contributed by atoms with Gasteiger partial charge < -0.3 is 14.5 Å². The van der Waals surface area contributed by atoms with Crippen LogP contribution >= 0.6 is 11.8 Å². The number of thioether (sulfide) groups is 1. The van der Waals surface area contributed by atoms with Crippen LogP contribution in [-0.2, 0) is 22.6 Å². The van der Waals surface area contributed by atoms with Crippen molar-refractivity contribution in [2.45, 2.75) is 18.2 Å². The summed E-state index contributed by atoms with van der Waals surface area (Å²) in [6.45, 7) is 0.0874. The summed E-state index contributed by atoms with van der Waals surface area (Å²) in [7, 11) is 1.53. The Hall–Kier alpha value is -4.03. The molecule has 0 spiro atoms. The van der Waals surface area contributed by atoms with Gasteiger partial charge in [-0.15, -0.1) is 0 Å². The van der Waals surface area contributed by atoms with Crippen LogP contribution in [0.25, 0.3) is 0 Å². The number of ether oxygens (including phenoxy) is 1. The summed E-state index contributed by atoms with van der Waals surface area (Å²) in [6, 6.07) is 18.2. The zero-order chi connectivity index (χ0) is 24.1. The first-order valence-electron chi connectivity index (χ1n) is 10.3. The Balaban J connectivity index is 1.69. The quantitative estimate of drug-likeness (QED) is 0.405. The van der Waals surface area contributed by atoms with Crippen molar-refractivity contribution in [3.05, 3.63) is 94.7 Å². The van der Waals surface area contributed by atoms with E-state index in [9.17, 15) is 19.2 Å². The molecule has 1 aliphatic heterocycles. The molecule has 3 aromatic rings. The molecule has 7 nitrogen and oxygen atoms in total. The van der Waals surface area contributed by atoms with Crippen molar-refractivity contribution >= 4 is 29.3 Å². The first kappa shape index (κ1) is 23.1. The third-order valence-electron chi connectivity index (χ3n) is 5.20. The summed E-state index contributed by atoms with van der Waals surface area (Å²) in [5.41, 5.74) is 0.637. The van der Waals surface area contributed by atoms with E-state index in [4.69, 9.17) is 9.15 Å². The van der Waals surface area contributed by atoms with Gasteiger partial charge in [-0.25, -0.2) is 4.39 Å². The van der Waals surface area contributed by atoms with Crippen LogP contribution in [0.15, 0.2) is 81.9 Å². The first-order chi connectivity index (χ1) is 16.5. The average Bonchev–Trinajstić information content (AvgIpc) is 3.48. The lowest BCUT2D eigenvalue weighted by Gasteiger charge is -2.19. The Morgan fingerprint density at radius 2 is 1.97 bits per heavy atom. The predicted molar refractivity (Wildman–Crippen MR) is 125 cm³/mol. The topological polar surface area (TPSA) is 95.6 Å². The van der Waals surface area contributed by atoms with Crippen molar-refractivity contribution in [2.24, 2.45) is 0 Å². The second-order valence-electron chi connectivity index (χ2n) is 7.33.